The summed E-state index contributed by atoms with van der Waals surface area (Å²) in [6, 6.07) is 2.19. The number of hydrogen-bond acceptors (Lipinski definition) is 7. The molecule has 0 saturated heterocycles. The normalized spacial score (nSPS) is 10.6. The third-order valence-electron chi connectivity index (χ3n) is 3.13. The fraction of sp³-hybridized carbons (Fsp3) is 0.500. The molecule has 2 rings (SSSR count). The van der Waals surface area contributed by atoms with Gasteiger partial charge >= 0.3 is 0 Å². The van der Waals surface area contributed by atoms with Gasteiger partial charge in [0.1, 0.15) is 11.1 Å². The highest BCUT2D eigenvalue weighted by Gasteiger charge is 2.13. The molecule has 7 heteroatoms. The molecule has 0 unspecified atom stereocenters. The highest BCUT2D eigenvalue weighted by atomic mass is 32.2. The number of unbranched alkanes of at least 4 members (excludes halogenated alkanes) is 1. The van der Waals surface area contributed by atoms with Crippen molar-refractivity contribution in [1.82, 2.24) is 20.3 Å². The van der Waals surface area contributed by atoms with Crippen LogP contribution in [0.25, 0.3) is 0 Å². The van der Waals surface area contributed by atoms with Gasteiger partial charge in [-0.05, 0) is 25.8 Å². The Labute approximate surface area is 128 Å². The Balaban J connectivity index is 2.05. The minimum Gasteiger partial charge on any atom is -0.339 e. The smallest absolute Gasteiger partial charge is 0.226 e. The quantitative estimate of drug-likeness (QED) is 0.758. The Morgan fingerprint density at radius 3 is 2.81 bits per heavy atom. The Kier molecular flexibility index (Phi) is 5.28. The molecule has 0 aliphatic rings. The molecule has 0 bridgehead atoms. The van der Waals surface area contributed by atoms with Gasteiger partial charge in [0, 0.05) is 6.42 Å². The van der Waals surface area contributed by atoms with Crippen LogP contribution in [0.1, 0.15) is 48.3 Å². The van der Waals surface area contributed by atoms with Crippen LogP contribution in [0.15, 0.2) is 9.55 Å². The fourth-order valence-corrected chi connectivity index (χ4v) is 2.56. The second kappa shape index (κ2) is 7.18. The first kappa shape index (κ1) is 15.4. The zero-order chi connectivity index (χ0) is 15.2. The molecular weight excluding hydrogens is 286 g/mol. The molecule has 6 nitrogen and oxygen atoms in total. The van der Waals surface area contributed by atoms with E-state index in [9.17, 15) is 5.26 Å². The van der Waals surface area contributed by atoms with Crippen molar-refractivity contribution in [2.45, 2.75) is 50.8 Å². The molecule has 0 aliphatic heterocycles. The van der Waals surface area contributed by atoms with Crippen molar-refractivity contribution in [2.75, 3.05) is 0 Å². The van der Waals surface area contributed by atoms with Crippen molar-refractivity contribution >= 4 is 11.8 Å². The van der Waals surface area contributed by atoms with Gasteiger partial charge in [0.2, 0.25) is 5.89 Å². The van der Waals surface area contributed by atoms with Gasteiger partial charge in [0.05, 0.1) is 17.0 Å². The maximum Gasteiger partial charge on any atom is 0.226 e. The number of aryl methyl sites for hydroxylation is 2. The van der Waals surface area contributed by atoms with Crippen LogP contribution >= 0.6 is 11.8 Å². The molecule has 21 heavy (non-hydrogen) atoms. The molecule has 2 heterocycles. The summed E-state index contributed by atoms with van der Waals surface area (Å²) in [6.45, 7) is 5.84. The summed E-state index contributed by atoms with van der Waals surface area (Å²) in [5.74, 6) is 1.80. The number of nitrogens with zero attached hydrogens (tertiary/aromatic N) is 5. The van der Waals surface area contributed by atoms with Gasteiger partial charge in [-0.25, -0.2) is 0 Å². The summed E-state index contributed by atoms with van der Waals surface area (Å²) in [5, 5.41) is 21.9. The summed E-state index contributed by atoms with van der Waals surface area (Å²) in [7, 11) is 0. The fourth-order valence-electron chi connectivity index (χ4n) is 1.73. The first-order valence-electron chi connectivity index (χ1n) is 6.84. The summed E-state index contributed by atoms with van der Waals surface area (Å²) < 4.78 is 5.18. The van der Waals surface area contributed by atoms with E-state index in [0.29, 0.717) is 28.1 Å². The Hall–Kier alpha value is -1.94. The first-order chi connectivity index (χ1) is 10.2. The largest absolute Gasteiger partial charge is 0.339 e. The van der Waals surface area contributed by atoms with Crippen molar-refractivity contribution in [2.24, 2.45) is 0 Å². The van der Waals surface area contributed by atoms with Crippen molar-refractivity contribution in [3.05, 3.63) is 28.5 Å². The number of hydrogen-bond donors (Lipinski definition) is 0. The van der Waals surface area contributed by atoms with E-state index < -0.39 is 0 Å². The van der Waals surface area contributed by atoms with Gasteiger partial charge < -0.3 is 4.52 Å². The molecule has 0 N–H and O–H groups in total. The number of rotatable bonds is 6. The standard InChI is InChI=1S/C14H17N5OS/c1-4-5-6-13-16-12(19-20-13)8-21-14-11(7-15)9(2)10(3)17-18-14/h4-6,8H2,1-3H3. The van der Waals surface area contributed by atoms with Crippen LogP contribution in [0.4, 0.5) is 0 Å². The molecule has 0 fully saturated rings. The van der Waals surface area contributed by atoms with Gasteiger partial charge in [-0.2, -0.15) is 15.3 Å². The maximum absolute atomic E-state index is 9.24. The van der Waals surface area contributed by atoms with Crippen LogP contribution in [0.5, 0.6) is 0 Å². The molecule has 0 aliphatic carbocycles. The van der Waals surface area contributed by atoms with Crippen LogP contribution in [0, 0.1) is 25.2 Å². The lowest BCUT2D eigenvalue weighted by Crippen LogP contribution is -1.99. The van der Waals surface area contributed by atoms with E-state index >= 15 is 0 Å². The second-order valence-corrected chi connectivity index (χ2v) is 5.66. The number of nitriles is 1. The monoisotopic (exact) mass is 303 g/mol. The summed E-state index contributed by atoms with van der Waals surface area (Å²) in [6.07, 6.45) is 2.94. The highest BCUT2D eigenvalue weighted by Crippen LogP contribution is 2.25. The molecule has 0 atom stereocenters. The van der Waals surface area contributed by atoms with Gasteiger partial charge in [0.25, 0.3) is 0 Å². The Bertz CT molecular complexity index is 662. The molecule has 0 spiro atoms. The first-order valence-corrected chi connectivity index (χ1v) is 7.82. The lowest BCUT2D eigenvalue weighted by atomic mass is 10.1. The molecular formula is C14H17N5OS. The van der Waals surface area contributed by atoms with Crippen molar-refractivity contribution in [1.29, 1.82) is 5.26 Å². The number of thioether (sulfide) groups is 1. The summed E-state index contributed by atoms with van der Waals surface area (Å²) in [5.41, 5.74) is 2.21. The summed E-state index contributed by atoms with van der Waals surface area (Å²) in [4.78, 5) is 4.33. The van der Waals surface area contributed by atoms with Gasteiger partial charge in [-0.3, -0.25) is 0 Å². The lowest BCUT2D eigenvalue weighted by molar-refractivity contribution is 0.371. The van der Waals surface area contributed by atoms with Crippen LogP contribution < -0.4 is 0 Å². The average molecular weight is 303 g/mol. The molecule has 2 aromatic rings. The van der Waals surface area contributed by atoms with E-state index in [4.69, 9.17) is 4.52 Å². The highest BCUT2D eigenvalue weighted by molar-refractivity contribution is 7.98. The van der Waals surface area contributed by atoms with Gasteiger partial charge in [-0.1, -0.05) is 30.3 Å². The van der Waals surface area contributed by atoms with Crippen molar-refractivity contribution < 1.29 is 4.52 Å². The van der Waals surface area contributed by atoms with Crippen LogP contribution in [0.3, 0.4) is 0 Å². The third-order valence-corrected chi connectivity index (χ3v) is 4.09. The van der Waals surface area contributed by atoms with Crippen LogP contribution in [0.2, 0.25) is 0 Å². The lowest BCUT2D eigenvalue weighted by Gasteiger charge is -2.04. The van der Waals surface area contributed by atoms with Gasteiger partial charge in [-0.15, -0.1) is 5.10 Å². The SMILES string of the molecule is CCCCc1nc(CSc2nnc(C)c(C)c2C#N)no1. The van der Waals surface area contributed by atoms with E-state index in [1.807, 2.05) is 13.8 Å². The molecule has 2 aromatic heterocycles. The number of aromatic nitrogens is 4. The predicted molar refractivity (Wildman–Crippen MR) is 78.7 cm³/mol. The predicted octanol–water partition coefficient (Wildman–Crippen LogP) is 2.98. The molecule has 0 radical (unpaired) electrons. The van der Waals surface area contributed by atoms with E-state index in [-0.39, 0.29) is 0 Å². The molecule has 0 aromatic carbocycles. The van der Waals surface area contributed by atoms with E-state index in [1.165, 1.54) is 11.8 Å². The minimum atomic E-state index is 0.515. The van der Waals surface area contributed by atoms with Crippen molar-refractivity contribution in [3.63, 3.8) is 0 Å². The topological polar surface area (TPSA) is 88.5 Å². The average Bonchev–Trinajstić information content (AvgIpc) is 2.94. The van der Waals surface area contributed by atoms with Crippen LogP contribution in [-0.2, 0) is 12.2 Å². The molecule has 0 amide bonds. The third kappa shape index (κ3) is 3.79. The second-order valence-electron chi connectivity index (χ2n) is 4.70. The van der Waals surface area contributed by atoms with Gasteiger partial charge in [0.15, 0.2) is 5.82 Å². The van der Waals surface area contributed by atoms with E-state index in [1.54, 1.807) is 0 Å². The Morgan fingerprint density at radius 1 is 1.29 bits per heavy atom. The van der Waals surface area contributed by atoms with Crippen molar-refractivity contribution in [3.8, 4) is 6.07 Å². The van der Waals surface area contributed by atoms with Crippen LogP contribution in [-0.4, -0.2) is 20.3 Å². The minimum absolute atomic E-state index is 0.515. The Morgan fingerprint density at radius 2 is 2.10 bits per heavy atom. The summed E-state index contributed by atoms with van der Waals surface area (Å²) >= 11 is 1.40. The molecule has 0 saturated carbocycles. The zero-order valence-corrected chi connectivity index (χ0v) is 13.2. The van der Waals surface area contributed by atoms with E-state index in [2.05, 4.69) is 33.3 Å². The van der Waals surface area contributed by atoms with E-state index in [0.717, 1.165) is 30.5 Å². The maximum atomic E-state index is 9.24. The molecule has 110 valence electrons. The zero-order valence-electron chi connectivity index (χ0n) is 12.4.